The van der Waals surface area contributed by atoms with Crippen molar-refractivity contribution in [2.24, 2.45) is 0 Å². The SMILES string of the molecule is COc1cccnc1Cc1cc2c(N)nc(-c3cccc(C)c3)nc2s1. The molecule has 5 nitrogen and oxygen atoms in total. The molecule has 0 saturated heterocycles. The highest BCUT2D eigenvalue weighted by Crippen LogP contribution is 2.32. The number of hydrogen-bond donors (Lipinski definition) is 1. The minimum atomic E-state index is 0.502. The van der Waals surface area contributed by atoms with Crippen LogP contribution in [0.4, 0.5) is 5.82 Å². The van der Waals surface area contributed by atoms with Gasteiger partial charge in [0.1, 0.15) is 16.4 Å². The lowest BCUT2D eigenvalue weighted by Crippen LogP contribution is -1.96. The van der Waals surface area contributed by atoms with Crippen LogP contribution in [0.25, 0.3) is 21.6 Å². The number of hydrogen-bond acceptors (Lipinski definition) is 6. The number of anilines is 1. The summed E-state index contributed by atoms with van der Waals surface area (Å²) in [7, 11) is 1.66. The Labute approximate surface area is 155 Å². The lowest BCUT2D eigenvalue weighted by Gasteiger charge is -2.04. The molecule has 3 heterocycles. The summed E-state index contributed by atoms with van der Waals surface area (Å²) in [5.41, 5.74) is 9.24. The second-order valence-electron chi connectivity index (χ2n) is 6.06. The van der Waals surface area contributed by atoms with Crippen LogP contribution in [0.5, 0.6) is 5.75 Å². The van der Waals surface area contributed by atoms with E-state index < -0.39 is 0 Å². The molecular formula is C20H18N4OS. The van der Waals surface area contributed by atoms with Gasteiger partial charge in [-0.25, -0.2) is 9.97 Å². The molecule has 0 aliphatic heterocycles. The summed E-state index contributed by atoms with van der Waals surface area (Å²) in [6.45, 7) is 2.05. The van der Waals surface area contributed by atoms with Gasteiger partial charge < -0.3 is 10.5 Å². The van der Waals surface area contributed by atoms with E-state index in [0.29, 0.717) is 18.1 Å². The van der Waals surface area contributed by atoms with E-state index in [2.05, 4.69) is 29.0 Å². The molecule has 0 atom stereocenters. The Morgan fingerprint density at radius 2 is 2.00 bits per heavy atom. The molecular weight excluding hydrogens is 344 g/mol. The fourth-order valence-electron chi connectivity index (χ4n) is 2.90. The number of pyridine rings is 1. The quantitative estimate of drug-likeness (QED) is 0.588. The molecule has 0 aliphatic rings. The predicted molar refractivity (Wildman–Crippen MR) is 106 cm³/mol. The van der Waals surface area contributed by atoms with Crippen LogP contribution in [0, 0.1) is 6.92 Å². The van der Waals surface area contributed by atoms with Crippen LogP contribution in [-0.4, -0.2) is 22.1 Å². The van der Waals surface area contributed by atoms with Gasteiger partial charge in [-0.15, -0.1) is 11.3 Å². The van der Waals surface area contributed by atoms with Crippen LogP contribution < -0.4 is 10.5 Å². The van der Waals surface area contributed by atoms with Crippen molar-refractivity contribution in [3.63, 3.8) is 0 Å². The minimum absolute atomic E-state index is 0.502. The third-order valence-electron chi connectivity index (χ3n) is 4.16. The molecule has 6 heteroatoms. The van der Waals surface area contributed by atoms with Crippen LogP contribution in [0.15, 0.2) is 48.7 Å². The van der Waals surface area contributed by atoms with Crippen molar-refractivity contribution in [2.75, 3.05) is 12.8 Å². The van der Waals surface area contributed by atoms with E-state index in [1.807, 2.05) is 30.3 Å². The van der Waals surface area contributed by atoms with E-state index in [-0.39, 0.29) is 0 Å². The van der Waals surface area contributed by atoms with Crippen LogP contribution in [0.3, 0.4) is 0 Å². The van der Waals surface area contributed by atoms with E-state index in [0.717, 1.165) is 32.1 Å². The second-order valence-corrected chi connectivity index (χ2v) is 7.18. The van der Waals surface area contributed by atoms with Crippen molar-refractivity contribution in [2.45, 2.75) is 13.3 Å². The van der Waals surface area contributed by atoms with Gasteiger partial charge >= 0.3 is 0 Å². The second kappa shape index (κ2) is 6.72. The largest absolute Gasteiger partial charge is 0.495 e. The van der Waals surface area contributed by atoms with Crippen molar-refractivity contribution in [3.8, 4) is 17.1 Å². The Bertz CT molecular complexity index is 1090. The van der Waals surface area contributed by atoms with Crippen molar-refractivity contribution >= 4 is 27.4 Å². The van der Waals surface area contributed by atoms with Crippen molar-refractivity contribution in [1.29, 1.82) is 0 Å². The highest BCUT2D eigenvalue weighted by Gasteiger charge is 2.13. The fourth-order valence-corrected chi connectivity index (χ4v) is 3.94. The summed E-state index contributed by atoms with van der Waals surface area (Å²) in [5, 5.41) is 0.885. The Balaban J connectivity index is 1.74. The molecule has 26 heavy (non-hydrogen) atoms. The maximum atomic E-state index is 6.21. The first-order chi connectivity index (χ1) is 12.6. The number of methoxy groups -OCH3 is 1. The Morgan fingerprint density at radius 1 is 1.12 bits per heavy atom. The van der Waals surface area contributed by atoms with Gasteiger partial charge in [-0.2, -0.15) is 0 Å². The van der Waals surface area contributed by atoms with Gasteiger partial charge in [0.05, 0.1) is 18.2 Å². The maximum absolute atomic E-state index is 6.21. The Kier molecular flexibility index (Phi) is 4.26. The molecule has 0 aliphatic carbocycles. The number of nitrogen functional groups attached to an aromatic ring is 1. The standard InChI is InChI=1S/C20H18N4OS/c1-12-5-3-6-13(9-12)19-23-18(21)15-10-14(26-20(15)24-19)11-16-17(25-2)7-4-8-22-16/h3-10H,11H2,1-2H3,(H2,21,23,24). The van der Waals surface area contributed by atoms with Crippen molar-refractivity contribution in [1.82, 2.24) is 15.0 Å². The van der Waals surface area contributed by atoms with Gasteiger partial charge in [0.15, 0.2) is 5.82 Å². The number of aromatic nitrogens is 3. The summed E-state index contributed by atoms with van der Waals surface area (Å²) in [6.07, 6.45) is 2.44. The molecule has 0 amide bonds. The van der Waals surface area contributed by atoms with Gasteiger partial charge in [-0.05, 0) is 31.2 Å². The van der Waals surface area contributed by atoms with Crippen LogP contribution in [0.2, 0.25) is 0 Å². The molecule has 0 saturated carbocycles. The normalized spacial score (nSPS) is 11.0. The summed E-state index contributed by atoms with van der Waals surface area (Å²) < 4.78 is 5.39. The molecule has 0 radical (unpaired) electrons. The van der Waals surface area contributed by atoms with E-state index in [1.165, 1.54) is 5.56 Å². The van der Waals surface area contributed by atoms with Gasteiger partial charge in [-0.3, -0.25) is 4.98 Å². The molecule has 4 rings (SSSR count). The average Bonchev–Trinajstić information content (AvgIpc) is 3.05. The average molecular weight is 362 g/mol. The first-order valence-corrected chi connectivity index (χ1v) is 9.06. The zero-order valence-corrected chi connectivity index (χ0v) is 15.4. The van der Waals surface area contributed by atoms with Crippen molar-refractivity contribution in [3.05, 3.63) is 64.8 Å². The first kappa shape index (κ1) is 16.5. The summed E-state index contributed by atoms with van der Waals surface area (Å²) in [6, 6.07) is 13.9. The number of nitrogens with two attached hydrogens (primary N) is 1. The maximum Gasteiger partial charge on any atom is 0.163 e. The lowest BCUT2D eigenvalue weighted by atomic mass is 10.1. The van der Waals surface area contributed by atoms with Crippen LogP contribution >= 0.6 is 11.3 Å². The van der Waals surface area contributed by atoms with Gasteiger partial charge in [0.25, 0.3) is 0 Å². The fraction of sp³-hybridized carbons (Fsp3) is 0.150. The highest BCUT2D eigenvalue weighted by atomic mass is 32.1. The van der Waals surface area contributed by atoms with Crippen LogP contribution in [0.1, 0.15) is 16.1 Å². The van der Waals surface area contributed by atoms with Gasteiger partial charge in [0.2, 0.25) is 0 Å². The van der Waals surface area contributed by atoms with E-state index in [9.17, 15) is 0 Å². The van der Waals surface area contributed by atoms with E-state index in [4.69, 9.17) is 15.5 Å². The molecule has 0 spiro atoms. The summed E-state index contributed by atoms with van der Waals surface area (Å²) in [4.78, 5) is 15.7. The van der Waals surface area contributed by atoms with Crippen LogP contribution in [-0.2, 0) is 6.42 Å². The number of aryl methyl sites for hydroxylation is 1. The number of rotatable bonds is 4. The topological polar surface area (TPSA) is 73.9 Å². The van der Waals surface area contributed by atoms with E-state index in [1.54, 1.807) is 24.6 Å². The number of nitrogens with zero attached hydrogens (tertiary/aromatic N) is 3. The molecule has 4 aromatic rings. The third kappa shape index (κ3) is 3.11. The highest BCUT2D eigenvalue weighted by molar-refractivity contribution is 7.18. The number of ether oxygens (including phenoxy) is 1. The lowest BCUT2D eigenvalue weighted by molar-refractivity contribution is 0.408. The molecule has 3 aromatic heterocycles. The molecule has 0 fully saturated rings. The van der Waals surface area contributed by atoms with Crippen molar-refractivity contribution < 1.29 is 4.74 Å². The molecule has 0 unspecified atom stereocenters. The van der Waals surface area contributed by atoms with Gasteiger partial charge in [-0.1, -0.05) is 23.8 Å². The summed E-state index contributed by atoms with van der Waals surface area (Å²) in [5.74, 6) is 1.94. The number of fused-ring (bicyclic) bond motifs is 1. The minimum Gasteiger partial charge on any atom is -0.495 e. The Morgan fingerprint density at radius 3 is 2.81 bits per heavy atom. The monoisotopic (exact) mass is 362 g/mol. The van der Waals surface area contributed by atoms with Gasteiger partial charge in [0, 0.05) is 23.1 Å². The zero-order valence-electron chi connectivity index (χ0n) is 14.6. The first-order valence-electron chi connectivity index (χ1n) is 8.25. The summed E-state index contributed by atoms with van der Waals surface area (Å²) >= 11 is 1.61. The molecule has 130 valence electrons. The Hall–Kier alpha value is -2.99. The smallest absolute Gasteiger partial charge is 0.163 e. The molecule has 0 bridgehead atoms. The predicted octanol–water partition coefficient (Wildman–Crippen LogP) is 4.24. The number of thiophene rings is 1. The zero-order chi connectivity index (χ0) is 18.1. The third-order valence-corrected chi connectivity index (χ3v) is 5.19. The number of benzene rings is 1. The van der Waals surface area contributed by atoms with E-state index >= 15 is 0 Å². The molecule has 1 aromatic carbocycles. The molecule has 2 N–H and O–H groups in total.